The quantitative estimate of drug-likeness (QED) is 0.0788. The predicted molar refractivity (Wildman–Crippen MR) is 322 cm³/mol. The Morgan fingerprint density at radius 2 is 0.641 bits per heavy atom. The lowest BCUT2D eigenvalue weighted by molar-refractivity contribution is 0.324. The molecule has 3 aromatic carbocycles. The second-order valence-electron chi connectivity index (χ2n) is 23.7. The van der Waals surface area contributed by atoms with Crippen LogP contribution in [0.5, 0.6) is 0 Å². The van der Waals surface area contributed by atoms with Crippen LogP contribution in [0.15, 0.2) is 73.2 Å². The molecule has 21 heteroatoms. The van der Waals surface area contributed by atoms with E-state index in [-0.39, 0.29) is 0 Å². The van der Waals surface area contributed by atoms with Crippen LogP contribution in [-0.2, 0) is 0 Å². The first-order valence-corrected chi connectivity index (χ1v) is 29.0. The van der Waals surface area contributed by atoms with Crippen LogP contribution in [0.4, 0.5) is 34.9 Å². The molecule has 0 amide bonds. The summed E-state index contributed by atoms with van der Waals surface area (Å²) < 4.78 is 0. The van der Waals surface area contributed by atoms with E-state index in [2.05, 4.69) is 65.4 Å². The molecule has 3 unspecified atom stereocenters. The highest BCUT2D eigenvalue weighted by atomic mass is 35.5. The van der Waals surface area contributed by atoms with E-state index in [1.54, 1.807) is 36.8 Å². The Kier molecular flexibility index (Phi) is 16.5. The molecule has 12 rings (SSSR count). The van der Waals surface area contributed by atoms with E-state index in [1.807, 2.05) is 36.4 Å². The Labute approximate surface area is 487 Å². The highest BCUT2D eigenvalue weighted by Gasteiger charge is 2.49. The standard InChI is InChI=1S/3C19H23Cl2N5/c3*1-19(10-22)5-11-8-26(9-12(11)6-19)15-7-24-17(18(23)25-15)13-3-2-4-14(20)16(13)21/h3*2-4,7,11-12H,5-6,8-10,22H2,1H3,(H2,23,25)/t3*11-,12+,19?. The Bertz CT molecular complexity index is 2810. The number of hydrogen-bond donors (Lipinski definition) is 6. The molecule has 6 aliphatic rings. The van der Waals surface area contributed by atoms with Crippen molar-refractivity contribution in [1.29, 1.82) is 0 Å². The molecule has 3 saturated heterocycles. The van der Waals surface area contributed by atoms with Crippen LogP contribution < -0.4 is 49.1 Å². The van der Waals surface area contributed by atoms with Crippen molar-refractivity contribution >= 4 is 105 Å². The minimum Gasteiger partial charge on any atom is -0.382 e. The van der Waals surface area contributed by atoms with Gasteiger partial charge in [0, 0.05) is 56.0 Å². The van der Waals surface area contributed by atoms with E-state index in [0.717, 1.165) is 76.4 Å². The van der Waals surface area contributed by atoms with Crippen LogP contribution in [0.25, 0.3) is 33.8 Å². The van der Waals surface area contributed by atoms with E-state index in [0.29, 0.717) is 133 Å². The van der Waals surface area contributed by atoms with Crippen molar-refractivity contribution in [3.8, 4) is 33.8 Å². The molecule has 12 N–H and O–H groups in total. The number of nitrogens with two attached hydrogens (primary N) is 6. The van der Waals surface area contributed by atoms with E-state index in [1.165, 1.54) is 38.5 Å². The fourth-order valence-corrected chi connectivity index (χ4v) is 14.8. The van der Waals surface area contributed by atoms with Crippen molar-refractivity contribution in [2.45, 2.75) is 59.3 Å². The Morgan fingerprint density at radius 1 is 0.410 bits per heavy atom. The van der Waals surface area contributed by atoms with Gasteiger partial charge >= 0.3 is 0 Å². The average Bonchev–Trinajstić information content (AvgIpc) is 4.28. The number of halogens is 6. The third-order valence-electron chi connectivity index (χ3n) is 17.7. The average molecular weight is 1180 g/mol. The van der Waals surface area contributed by atoms with Gasteiger partial charge in [-0.2, -0.15) is 0 Å². The summed E-state index contributed by atoms with van der Waals surface area (Å²) in [4.78, 5) is 34.3. The summed E-state index contributed by atoms with van der Waals surface area (Å²) in [5.74, 6) is 7.64. The van der Waals surface area contributed by atoms with Gasteiger partial charge in [0.05, 0.1) is 48.7 Å². The molecule has 3 aliphatic carbocycles. The lowest BCUT2D eigenvalue weighted by Crippen LogP contribution is -2.29. The van der Waals surface area contributed by atoms with Gasteiger partial charge in [-0.1, -0.05) is 127 Å². The first kappa shape index (κ1) is 56.6. The van der Waals surface area contributed by atoms with Crippen molar-refractivity contribution in [3.05, 3.63) is 103 Å². The molecule has 15 nitrogen and oxygen atoms in total. The molecule has 0 radical (unpaired) electrons. The fraction of sp³-hybridized carbons (Fsp3) is 0.474. The molecule has 0 spiro atoms. The number of fused-ring (bicyclic) bond motifs is 3. The maximum Gasteiger partial charge on any atom is 0.152 e. The van der Waals surface area contributed by atoms with Crippen LogP contribution in [0, 0.1) is 51.8 Å². The van der Waals surface area contributed by atoms with Crippen molar-refractivity contribution < 1.29 is 0 Å². The van der Waals surface area contributed by atoms with Gasteiger partial charge < -0.3 is 49.1 Å². The van der Waals surface area contributed by atoms with Gasteiger partial charge in [-0.25, -0.2) is 29.9 Å². The molecule has 6 heterocycles. The van der Waals surface area contributed by atoms with Crippen molar-refractivity contribution in [2.24, 2.45) is 69.0 Å². The Morgan fingerprint density at radius 3 is 0.846 bits per heavy atom. The number of anilines is 6. The smallest absolute Gasteiger partial charge is 0.152 e. The summed E-state index contributed by atoms with van der Waals surface area (Å²) in [6.45, 7) is 15.2. The Balaban J connectivity index is 0.000000132. The normalized spacial score (nSPS) is 27.8. The summed E-state index contributed by atoms with van der Waals surface area (Å²) >= 11 is 37.2. The van der Waals surface area contributed by atoms with Crippen LogP contribution in [0.3, 0.4) is 0 Å². The van der Waals surface area contributed by atoms with Crippen LogP contribution in [0.1, 0.15) is 59.3 Å². The van der Waals surface area contributed by atoms with Gasteiger partial charge in [-0.15, -0.1) is 0 Å². The lowest BCUT2D eigenvalue weighted by Gasteiger charge is -2.26. The maximum absolute atomic E-state index is 6.30. The predicted octanol–water partition coefficient (Wildman–Crippen LogP) is 11.5. The summed E-state index contributed by atoms with van der Waals surface area (Å²) in [7, 11) is 0. The lowest BCUT2D eigenvalue weighted by atomic mass is 9.87. The molecule has 6 aromatic rings. The summed E-state index contributed by atoms with van der Waals surface area (Å²) in [5, 5.41) is 2.76. The zero-order valence-electron chi connectivity index (χ0n) is 44.3. The van der Waals surface area contributed by atoms with Crippen molar-refractivity contribution in [2.75, 3.05) is 90.8 Å². The second kappa shape index (κ2) is 22.7. The van der Waals surface area contributed by atoms with Crippen molar-refractivity contribution in [3.63, 3.8) is 0 Å². The molecule has 78 heavy (non-hydrogen) atoms. The van der Waals surface area contributed by atoms with Gasteiger partial charge in [0.15, 0.2) is 17.5 Å². The van der Waals surface area contributed by atoms with Crippen LogP contribution >= 0.6 is 69.6 Å². The highest BCUT2D eigenvalue weighted by molar-refractivity contribution is 6.45. The zero-order valence-corrected chi connectivity index (χ0v) is 48.8. The molecular formula is C57H69Cl6N15. The highest BCUT2D eigenvalue weighted by Crippen LogP contribution is 2.52. The van der Waals surface area contributed by atoms with Crippen LogP contribution in [0.2, 0.25) is 30.1 Å². The van der Waals surface area contributed by atoms with E-state index in [4.69, 9.17) is 104 Å². The summed E-state index contributed by atoms with van der Waals surface area (Å²) in [6.07, 6.45) is 12.5. The molecular weight excluding hydrogens is 1110 g/mol. The zero-order chi connectivity index (χ0) is 55.4. The topological polar surface area (TPSA) is 243 Å². The summed E-state index contributed by atoms with van der Waals surface area (Å²) in [5.41, 5.74) is 41.2. The van der Waals surface area contributed by atoms with Gasteiger partial charge in [0.1, 0.15) is 34.5 Å². The molecule has 9 atom stereocenters. The summed E-state index contributed by atoms with van der Waals surface area (Å²) in [6, 6.07) is 16.3. The second-order valence-corrected chi connectivity index (χ2v) is 26.1. The molecule has 414 valence electrons. The van der Waals surface area contributed by atoms with E-state index < -0.39 is 0 Å². The molecule has 6 fully saturated rings. The fourth-order valence-electron chi connectivity index (χ4n) is 13.6. The Hall–Kier alpha value is -4.68. The van der Waals surface area contributed by atoms with E-state index in [9.17, 15) is 0 Å². The largest absolute Gasteiger partial charge is 0.382 e. The number of rotatable bonds is 9. The molecule has 3 saturated carbocycles. The van der Waals surface area contributed by atoms with Gasteiger partial charge in [0.2, 0.25) is 0 Å². The number of nitrogen functional groups attached to an aromatic ring is 3. The minimum absolute atomic E-state index is 0.291. The van der Waals surface area contributed by atoms with Gasteiger partial charge in [0.25, 0.3) is 0 Å². The number of benzene rings is 3. The first-order chi connectivity index (χ1) is 37.2. The maximum atomic E-state index is 6.30. The molecule has 3 aromatic heterocycles. The monoisotopic (exact) mass is 1170 g/mol. The minimum atomic E-state index is 0.291. The van der Waals surface area contributed by atoms with Gasteiger partial charge in [-0.05, 0) is 128 Å². The number of aromatic nitrogens is 6. The first-order valence-electron chi connectivity index (χ1n) is 26.8. The van der Waals surface area contributed by atoms with Crippen LogP contribution in [-0.4, -0.2) is 88.8 Å². The number of hydrogen-bond acceptors (Lipinski definition) is 15. The number of nitrogens with zero attached hydrogens (tertiary/aromatic N) is 9. The van der Waals surface area contributed by atoms with E-state index >= 15 is 0 Å². The molecule has 0 bridgehead atoms. The third-order valence-corrected chi connectivity index (χ3v) is 20.1. The van der Waals surface area contributed by atoms with Gasteiger partial charge in [-0.3, -0.25) is 0 Å². The third kappa shape index (κ3) is 11.5. The SMILES string of the molecule is CC1(CN)C[C@H]2CN(c3cnc(-c4cccc(Cl)c4Cl)c(N)n3)C[C@H]2C1.CC1(CN)C[C@H]2CN(c3cnc(-c4cccc(Cl)c4Cl)c(N)n3)C[C@H]2C1.CC1(CN)C[C@H]2CN(c3cnc(-c4cccc(Cl)c4Cl)c(N)n3)C[C@H]2C1. The van der Waals surface area contributed by atoms with Crippen molar-refractivity contribution in [1.82, 2.24) is 29.9 Å². The molecule has 3 aliphatic heterocycles.